The lowest BCUT2D eigenvalue weighted by Crippen LogP contribution is -2.93. The molecular weight excluding hydrogens is 318 g/mol. The monoisotopic (exact) mass is 350 g/mol. The Labute approximate surface area is 158 Å². The third-order valence-corrected chi connectivity index (χ3v) is 6.26. The molecule has 0 unspecified atom stereocenters. The van der Waals surface area contributed by atoms with Crippen LogP contribution in [0.2, 0.25) is 0 Å². The molecule has 138 valence electrons. The van der Waals surface area contributed by atoms with Crippen molar-refractivity contribution in [3.05, 3.63) is 84.4 Å². The highest BCUT2D eigenvalue weighted by molar-refractivity contribution is 5.24. The van der Waals surface area contributed by atoms with Crippen molar-refractivity contribution in [1.29, 1.82) is 0 Å². The number of benzene rings is 2. The minimum absolute atomic E-state index is 0.152. The smallest absolute Gasteiger partial charge is 0.118 e. The zero-order chi connectivity index (χ0) is 18.6. The molecule has 3 rings (SSSR count). The molecule has 0 saturated carbocycles. The number of rotatable bonds is 6. The van der Waals surface area contributed by atoms with Crippen LogP contribution in [0.1, 0.15) is 56.3 Å². The van der Waals surface area contributed by atoms with E-state index in [1.807, 2.05) is 6.08 Å². The first kappa shape index (κ1) is 18.9. The molecular formula is C24H32NO+. The summed E-state index contributed by atoms with van der Waals surface area (Å²) in [6, 6.07) is 21.8. The van der Waals surface area contributed by atoms with Crippen LogP contribution in [0.4, 0.5) is 0 Å². The third-order valence-electron chi connectivity index (χ3n) is 6.26. The van der Waals surface area contributed by atoms with Gasteiger partial charge in [0.25, 0.3) is 0 Å². The van der Waals surface area contributed by atoms with Gasteiger partial charge in [-0.15, -0.1) is 6.58 Å². The van der Waals surface area contributed by atoms with Crippen LogP contribution in [0.15, 0.2) is 73.3 Å². The summed E-state index contributed by atoms with van der Waals surface area (Å²) in [6.45, 7) is 8.38. The zero-order valence-corrected chi connectivity index (χ0v) is 16.0. The van der Waals surface area contributed by atoms with E-state index in [2.05, 4.69) is 86.4 Å². The Balaban J connectivity index is 2.07. The molecule has 1 fully saturated rings. The van der Waals surface area contributed by atoms with E-state index >= 15 is 0 Å². The predicted molar refractivity (Wildman–Crippen MR) is 108 cm³/mol. The summed E-state index contributed by atoms with van der Waals surface area (Å²) in [4.78, 5) is 0. The molecule has 0 amide bonds. The van der Waals surface area contributed by atoms with Gasteiger partial charge < -0.3 is 10.4 Å². The summed E-state index contributed by atoms with van der Waals surface area (Å²) >= 11 is 0. The van der Waals surface area contributed by atoms with E-state index in [1.165, 1.54) is 11.1 Å². The van der Waals surface area contributed by atoms with Gasteiger partial charge in [-0.25, -0.2) is 0 Å². The standard InChI is InChI=1S/C24H31NO/c1-4-12-21-23(20-15-10-7-11-16-20)25-22(19-13-8-6-9-14-19)18(3)24(21,26)17-5-2/h5-11,13-16,18,21-23,25-26H,2,4,12,17H2,1,3H3/p+1/t18-,21-,22-,23-,24+/m0/s1. The average Bonchev–Trinajstić information content (AvgIpc) is 2.68. The lowest BCUT2D eigenvalue weighted by atomic mass is 9.63. The van der Waals surface area contributed by atoms with Gasteiger partial charge in [-0.1, -0.05) is 87.0 Å². The summed E-state index contributed by atoms with van der Waals surface area (Å²) in [5.74, 6) is 0.363. The maximum atomic E-state index is 11.9. The highest BCUT2D eigenvalue weighted by Gasteiger charge is 2.54. The van der Waals surface area contributed by atoms with Gasteiger partial charge >= 0.3 is 0 Å². The summed E-state index contributed by atoms with van der Waals surface area (Å²) < 4.78 is 0. The second kappa shape index (κ2) is 8.20. The summed E-state index contributed by atoms with van der Waals surface area (Å²) in [7, 11) is 0. The maximum Gasteiger partial charge on any atom is 0.118 e. The summed E-state index contributed by atoms with van der Waals surface area (Å²) in [5, 5.41) is 14.4. The van der Waals surface area contributed by atoms with E-state index in [0.717, 1.165) is 12.8 Å². The number of hydrogen-bond donors (Lipinski definition) is 2. The Morgan fingerprint density at radius 1 is 1.00 bits per heavy atom. The molecule has 0 aromatic heterocycles. The average molecular weight is 351 g/mol. The van der Waals surface area contributed by atoms with Crippen molar-refractivity contribution in [2.75, 3.05) is 0 Å². The molecule has 0 bridgehead atoms. The Hall–Kier alpha value is -1.90. The largest absolute Gasteiger partial charge is 0.388 e. The molecule has 2 aromatic carbocycles. The van der Waals surface area contributed by atoms with Crippen LogP contribution in [-0.4, -0.2) is 10.7 Å². The van der Waals surface area contributed by atoms with Crippen LogP contribution in [0.3, 0.4) is 0 Å². The van der Waals surface area contributed by atoms with Crippen molar-refractivity contribution in [1.82, 2.24) is 0 Å². The minimum atomic E-state index is -0.743. The van der Waals surface area contributed by atoms with Crippen LogP contribution in [0.25, 0.3) is 0 Å². The molecule has 3 N–H and O–H groups in total. The van der Waals surface area contributed by atoms with E-state index < -0.39 is 5.60 Å². The Morgan fingerprint density at radius 2 is 1.54 bits per heavy atom. The molecule has 1 saturated heterocycles. The van der Waals surface area contributed by atoms with Crippen molar-refractivity contribution in [2.24, 2.45) is 11.8 Å². The number of piperidine rings is 1. The lowest BCUT2D eigenvalue weighted by molar-refractivity contribution is -0.764. The fourth-order valence-corrected chi connectivity index (χ4v) is 4.89. The van der Waals surface area contributed by atoms with Gasteiger partial charge in [-0.05, 0) is 12.8 Å². The summed E-state index contributed by atoms with van der Waals surface area (Å²) in [6.07, 6.45) is 4.63. The molecule has 2 heteroatoms. The van der Waals surface area contributed by atoms with Crippen LogP contribution >= 0.6 is 0 Å². The first-order valence-corrected chi connectivity index (χ1v) is 9.90. The van der Waals surface area contributed by atoms with Crippen molar-refractivity contribution in [3.63, 3.8) is 0 Å². The minimum Gasteiger partial charge on any atom is -0.388 e. The second-order valence-electron chi connectivity index (χ2n) is 7.73. The molecule has 2 aromatic rings. The highest BCUT2D eigenvalue weighted by Crippen LogP contribution is 2.46. The van der Waals surface area contributed by atoms with E-state index in [9.17, 15) is 5.11 Å². The Bertz CT molecular complexity index is 699. The molecule has 1 aliphatic heterocycles. The van der Waals surface area contributed by atoms with Crippen LogP contribution in [0.5, 0.6) is 0 Å². The summed E-state index contributed by atoms with van der Waals surface area (Å²) in [5.41, 5.74) is 1.85. The van der Waals surface area contributed by atoms with Gasteiger partial charge in [0.15, 0.2) is 0 Å². The predicted octanol–water partition coefficient (Wildman–Crippen LogP) is 4.41. The second-order valence-corrected chi connectivity index (χ2v) is 7.73. The molecule has 0 spiro atoms. The Kier molecular flexibility index (Phi) is 5.95. The Morgan fingerprint density at radius 3 is 2.04 bits per heavy atom. The maximum absolute atomic E-state index is 11.9. The van der Waals surface area contributed by atoms with Crippen molar-refractivity contribution in [2.45, 2.75) is 50.8 Å². The quantitative estimate of drug-likeness (QED) is 0.744. The molecule has 0 aliphatic carbocycles. The number of hydrogen-bond acceptors (Lipinski definition) is 1. The fraction of sp³-hybridized carbons (Fsp3) is 0.417. The van der Waals surface area contributed by atoms with E-state index in [4.69, 9.17) is 0 Å². The van der Waals surface area contributed by atoms with Gasteiger partial charge in [0.1, 0.15) is 12.1 Å². The fourth-order valence-electron chi connectivity index (χ4n) is 4.89. The SMILES string of the molecule is C=CC[C@@]1(O)[C@@H](C)[C@@H](c2ccccc2)[NH2+][C@@H](c2ccccc2)[C@@H]1CCC. The van der Waals surface area contributed by atoms with Crippen LogP contribution in [0, 0.1) is 11.8 Å². The number of quaternary nitrogens is 1. The van der Waals surface area contributed by atoms with E-state index in [0.29, 0.717) is 6.42 Å². The van der Waals surface area contributed by atoms with E-state index in [-0.39, 0.29) is 23.9 Å². The van der Waals surface area contributed by atoms with Gasteiger partial charge in [0.2, 0.25) is 0 Å². The molecule has 2 nitrogen and oxygen atoms in total. The number of aliphatic hydroxyl groups is 1. The molecule has 0 radical (unpaired) electrons. The molecule has 1 aliphatic rings. The third kappa shape index (κ3) is 3.49. The molecule has 26 heavy (non-hydrogen) atoms. The first-order valence-electron chi connectivity index (χ1n) is 9.90. The first-order chi connectivity index (χ1) is 12.6. The van der Waals surface area contributed by atoms with Gasteiger partial charge in [-0.2, -0.15) is 0 Å². The van der Waals surface area contributed by atoms with E-state index in [1.54, 1.807) is 0 Å². The van der Waals surface area contributed by atoms with Crippen molar-refractivity contribution >= 4 is 0 Å². The lowest BCUT2D eigenvalue weighted by Gasteiger charge is -2.50. The topological polar surface area (TPSA) is 36.8 Å². The van der Waals surface area contributed by atoms with Crippen LogP contribution in [-0.2, 0) is 0 Å². The van der Waals surface area contributed by atoms with Gasteiger partial charge in [0, 0.05) is 23.0 Å². The van der Waals surface area contributed by atoms with Crippen molar-refractivity contribution < 1.29 is 10.4 Å². The zero-order valence-electron chi connectivity index (χ0n) is 16.0. The van der Waals surface area contributed by atoms with Crippen LogP contribution < -0.4 is 5.32 Å². The molecule has 1 heterocycles. The van der Waals surface area contributed by atoms with Crippen molar-refractivity contribution in [3.8, 4) is 0 Å². The normalized spacial score (nSPS) is 31.5. The van der Waals surface area contributed by atoms with Gasteiger partial charge in [-0.3, -0.25) is 0 Å². The van der Waals surface area contributed by atoms with Gasteiger partial charge in [0.05, 0.1) is 5.60 Å². The molecule has 5 atom stereocenters. The highest BCUT2D eigenvalue weighted by atomic mass is 16.3. The number of nitrogens with two attached hydrogens (primary N) is 1.